The maximum Gasteiger partial charge on any atom is 0.226 e. The monoisotopic (exact) mass is 114 g/mol. The molecule has 0 spiro atoms. The van der Waals surface area contributed by atoms with Gasteiger partial charge < -0.3 is 10.1 Å². The maximum absolute atomic E-state index is 10.4. The second kappa shape index (κ2) is 2.13. The molecule has 0 aromatic heterocycles. The number of amides is 1. The number of nitrogens with one attached hydrogen (secondary N) is 1. The molecule has 8 heavy (non-hydrogen) atoms. The van der Waals surface area contributed by atoms with E-state index >= 15 is 0 Å². The van der Waals surface area contributed by atoms with Gasteiger partial charge in [0.2, 0.25) is 5.91 Å². The molecule has 1 saturated heterocycles. The first-order chi connectivity index (χ1) is 3.83. The van der Waals surface area contributed by atoms with Crippen molar-refractivity contribution in [3.05, 3.63) is 6.42 Å². The van der Waals surface area contributed by atoms with E-state index in [4.69, 9.17) is 4.74 Å². The average Bonchev–Trinajstić information content (AvgIpc) is 2.14. The highest BCUT2D eigenvalue weighted by atomic mass is 16.5. The molecule has 1 N–H and O–H groups in total. The van der Waals surface area contributed by atoms with E-state index in [1.165, 1.54) is 0 Å². The topological polar surface area (TPSA) is 38.3 Å². The van der Waals surface area contributed by atoms with Gasteiger partial charge in [0.25, 0.3) is 0 Å². The first kappa shape index (κ1) is 5.56. The summed E-state index contributed by atoms with van der Waals surface area (Å²) in [6.45, 7) is 0. The van der Waals surface area contributed by atoms with Crippen LogP contribution in [0.3, 0.4) is 0 Å². The molecular formula is C5H8NO2. The van der Waals surface area contributed by atoms with Crippen molar-refractivity contribution < 1.29 is 9.53 Å². The van der Waals surface area contributed by atoms with Crippen LogP contribution >= 0.6 is 0 Å². The van der Waals surface area contributed by atoms with Crippen LogP contribution in [0.15, 0.2) is 0 Å². The molecule has 1 heterocycles. The summed E-state index contributed by atoms with van der Waals surface area (Å²) in [4.78, 5) is 10.4. The van der Waals surface area contributed by atoms with Crippen LogP contribution in [-0.2, 0) is 9.53 Å². The van der Waals surface area contributed by atoms with Crippen molar-refractivity contribution in [2.45, 2.75) is 12.6 Å². The van der Waals surface area contributed by atoms with Crippen LogP contribution < -0.4 is 5.32 Å². The summed E-state index contributed by atoms with van der Waals surface area (Å²) in [6.07, 6.45) is 2.19. The number of ether oxygens (including phenoxy) is 1. The van der Waals surface area contributed by atoms with Crippen LogP contribution in [0.2, 0.25) is 0 Å². The molecule has 0 aromatic rings. The molecule has 0 aromatic carbocycles. The SMILES string of the molecule is COC1C[CH]C(=O)N1. The Morgan fingerprint density at radius 2 is 2.75 bits per heavy atom. The van der Waals surface area contributed by atoms with Gasteiger partial charge in [-0.3, -0.25) is 4.79 Å². The molecule has 0 bridgehead atoms. The summed E-state index contributed by atoms with van der Waals surface area (Å²) in [5.74, 6) is -0.0307. The molecule has 1 fully saturated rings. The summed E-state index contributed by atoms with van der Waals surface area (Å²) in [7, 11) is 1.57. The van der Waals surface area contributed by atoms with Crippen LogP contribution in [0.25, 0.3) is 0 Å². The molecular weight excluding hydrogens is 106 g/mol. The molecule has 3 nitrogen and oxygen atoms in total. The van der Waals surface area contributed by atoms with E-state index in [1.807, 2.05) is 0 Å². The van der Waals surface area contributed by atoms with Gasteiger partial charge in [0.1, 0.15) is 6.23 Å². The van der Waals surface area contributed by atoms with Crippen LogP contribution in [-0.4, -0.2) is 19.2 Å². The predicted molar refractivity (Wildman–Crippen MR) is 27.9 cm³/mol. The minimum Gasteiger partial charge on any atom is -0.362 e. The maximum atomic E-state index is 10.4. The van der Waals surface area contributed by atoms with Gasteiger partial charge in [0, 0.05) is 13.5 Å². The summed E-state index contributed by atoms with van der Waals surface area (Å²) in [5.41, 5.74) is 0. The molecule has 3 heteroatoms. The molecule has 1 rings (SSSR count). The zero-order valence-corrected chi connectivity index (χ0v) is 4.68. The van der Waals surface area contributed by atoms with E-state index in [-0.39, 0.29) is 12.1 Å². The van der Waals surface area contributed by atoms with Crippen molar-refractivity contribution in [1.82, 2.24) is 5.32 Å². The number of methoxy groups -OCH3 is 1. The largest absolute Gasteiger partial charge is 0.362 e. The van der Waals surface area contributed by atoms with Gasteiger partial charge in [-0.2, -0.15) is 0 Å². The number of hydrogen-bond donors (Lipinski definition) is 1. The zero-order chi connectivity index (χ0) is 5.98. The molecule has 1 radical (unpaired) electrons. The minimum atomic E-state index is -0.0810. The lowest BCUT2D eigenvalue weighted by Gasteiger charge is -2.04. The Labute approximate surface area is 48.0 Å². The highest BCUT2D eigenvalue weighted by Crippen LogP contribution is 2.03. The molecule has 1 amide bonds. The van der Waals surface area contributed by atoms with E-state index < -0.39 is 0 Å². The molecule has 1 unspecified atom stereocenters. The van der Waals surface area contributed by atoms with Crippen LogP contribution in [0, 0.1) is 6.42 Å². The minimum absolute atomic E-state index is 0.0307. The fraction of sp³-hybridized carbons (Fsp3) is 0.600. The summed E-state index contributed by atoms with van der Waals surface area (Å²) >= 11 is 0. The summed E-state index contributed by atoms with van der Waals surface area (Å²) in [6, 6.07) is 0. The van der Waals surface area contributed by atoms with Gasteiger partial charge in [-0.15, -0.1) is 0 Å². The quantitative estimate of drug-likeness (QED) is 0.507. The Balaban J connectivity index is 2.32. The van der Waals surface area contributed by atoms with E-state index in [2.05, 4.69) is 5.32 Å². The number of rotatable bonds is 1. The Morgan fingerprint density at radius 1 is 2.00 bits per heavy atom. The van der Waals surface area contributed by atoms with Crippen molar-refractivity contribution in [3.8, 4) is 0 Å². The predicted octanol–water partition coefficient (Wildman–Crippen LogP) is -0.317. The third-order valence-corrected chi connectivity index (χ3v) is 1.11. The number of carbonyl (C=O) groups excluding carboxylic acids is 1. The van der Waals surface area contributed by atoms with Gasteiger partial charge in [-0.25, -0.2) is 0 Å². The molecule has 1 atom stereocenters. The second-order valence-electron chi connectivity index (χ2n) is 1.67. The van der Waals surface area contributed by atoms with Crippen LogP contribution in [0.1, 0.15) is 6.42 Å². The standard InChI is InChI=1S/C5H8NO2/c1-8-5-3-2-4(7)6-5/h2,5H,3H2,1H3,(H,6,7). The van der Waals surface area contributed by atoms with E-state index in [0.717, 1.165) is 0 Å². The Bertz CT molecular complexity index is 103. The van der Waals surface area contributed by atoms with Gasteiger partial charge >= 0.3 is 0 Å². The molecule has 45 valence electrons. The summed E-state index contributed by atoms with van der Waals surface area (Å²) < 4.78 is 4.82. The first-order valence-corrected chi connectivity index (χ1v) is 2.49. The van der Waals surface area contributed by atoms with Gasteiger partial charge in [-0.05, 0) is 0 Å². The van der Waals surface area contributed by atoms with Crippen LogP contribution in [0.5, 0.6) is 0 Å². The van der Waals surface area contributed by atoms with Gasteiger partial charge in [-0.1, -0.05) is 0 Å². The number of carbonyl (C=O) groups is 1. The molecule has 0 aliphatic carbocycles. The highest BCUT2D eigenvalue weighted by Gasteiger charge is 2.19. The van der Waals surface area contributed by atoms with E-state index in [0.29, 0.717) is 6.42 Å². The van der Waals surface area contributed by atoms with Crippen LogP contribution in [0.4, 0.5) is 0 Å². The molecule has 1 aliphatic heterocycles. The lowest BCUT2D eigenvalue weighted by molar-refractivity contribution is -0.118. The first-order valence-electron chi connectivity index (χ1n) is 2.49. The van der Waals surface area contributed by atoms with Crippen molar-refractivity contribution in [2.75, 3.05) is 7.11 Å². The normalized spacial score (nSPS) is 28.1. The Hall–Kier alpha value is -0.570. The number of hydrogen-bond acceptors (Lipinski definition) is 2. The smallest absolute Gasteiger partial charge is 0.226 e. The van der Waals surface area contributed by atoms with E-state index in [9.17, 15) is 4.79 Å². The fourth-order valence-corrected chi connectivity index (χ4v) is 0.646. The molecule has 0 saturated carbocycles. The Morgan fingerprint density at radius 3 is 3.00 bits per heavy atom. The lowest BCUT2D eigenvalue weighted by Crippen LogP contribution is -2.26. The van der Waals surface area contributed by atoms with Crippen molar-refractivity contribution in [2.24, 2.45) is 0 Å². The zero-order valence-electron chi connectivity index (χ0n) is 4.68. The lowest BCUT2D eigenvalue weighted by atomic mass is 10.4. The fourth-order valence-electron chi connectivity index (χ4n) is 0.646. The van der Waals surface area contributed by atoms with Gasteiger partial charge in [0.15, 0.2) is 0 Å². The van der Waals surface area contributed by atoms with Crippen molar-refractivity contribution in [1.29, 1.82) is 0 Å². The average molecular weight is 114 g/mol. The van der Waals surface area contributed by atoms with E-state index in [1.54, 1.807) is 13.5 Å². The second-order valence-corrected chi connectivity index (χ2v) is 1.67. The van der Waals surface area contributed by atoms with Gasteiger partial charge in [0.05, 0.1) is 6.42 Å². The summed E-state index contributed by atoms with van der Waals surface area (Å²) in [5, 5.41) is 2.59. The molecule has 1 aliphatic rings. The highest BCUT2D eigenvalue weighted by molar-refractivity contribution is 5.86. The third kappa shape index (κ3) is 0.980. The van der Waals surface area contributed by atoms with Crippen molar-refractivity contribution >= 4 is 5.91 Å². The van der Waals surface area contributed by atoms with Crippen molar-refractivity contribution in [3.63, 3.8) is 0 Å². The third-order valence-electron chi connectivity index (χ3n) is 1.11. The Kier molecular flexibility index (Phi) is 1.48.